The van der Waals surface area contributed by atoms with Gasteiger partial charge in [0.15, 0.2) is 0 Å². The molecule has 1 aliphatic rings. The molecule has 29 heavy (non-hydrogen) atoms. The maximum Gasteiger partial charge on any atom is 0.433 e. The van der Waals surface area contributed by atoms with Crippen LogP contribution < -0.4 is 4.74 Å². The summed E-state index contributed by atoms with van der Waals surface area (Å²) in [5, 5.41) is 0. The maximum absolute atomic E-state index is 12.6. The van der Waals surface area contributed by atoms with Crippen molar-refractivity contribution < 1.29 is 27.4 Å². The number of halogens is 3. The van der Waals surface area contributed by atoms with Gasteiger partial charge in [-0.1, -0.05) is 13.0 Å². The number of ether oxygens (including phenoxy) is 2. The van der Waals surface area contributed by atoms with Gasteiger partial charge in [0, 0.05) is 13.1 Å². The van der Waals surface area contributed by atoms with E-state index in [1.807, 2.05) is 33.8 Å². The quantitative estimate of drug-likeness (QED) is 0.635. The van der Waals surface area contributed by atoms with Crippen molar-refractivity contribution in [3.63, 3.8) is 0 Å². The Morgan fingerprint density at radius 2 is 1.83 bits per heavy atom. The minimum atomic E-state index is -4.49. The monoisotopic (exact) mass is 408 g/mol. The van der Waals surface area contributed by atoms with Gasteiger partial charge >= 0.3 is 12.3 Å². The zero-order valence-electron chi connectivity index (χ0n) is 16.7. The van der Waals surface area contributed by atoms with Crippen LogP contribution in [0.1, 0.15) is 50.4 Å². The molecule has 1 aromatic carbocycles. The zero-order valence-corrected chi connectivity index (χ0v) is 16.7. The number of nitrogens with zero attached hydrogens (tertiary/aromatic N) is 2. The third-order valence-corrected chi connectivity index (χ3v) is 4.41. The van der Waals surface area contributed by atoms with E-state index in [1.165, 1.54) is 6.07 Å². The number of hydrogen-bond donors (Lipinski definition) is 0. The molecular weight excluding hydrogens is 385 g/mol. The van der Waals surface area contributed by atoms with E-state index in [2.05, 4.69) is 4.98 Å². The second-order valence-electron chi connectivity index (χ2n) is 8.10. The predicted molar refractivity (Wildman–Crippen MR) is 101 cm³/mol. The van der Waals surface area contributed by atoms with Gasteiger partial charge in [-0.2, -0.15) is 13.2 Å². The van der Waals surface area contributed by atoms with Gasteiger partial charge in [0.2, 0.25) is 0 Å². The molecule has 3 rings (SSSR count). The summed E-state index contributed by atoms with van der Waals surface area (Å²) in [5.41, 5.74) is 0.452. The van der Waals surface area contributed by atoms with E-state index in [0.717, 1.165) is 23.4 Å². The van der Waals surface area contributed by atoms with Crippen LogP contribution in [0.15, 0.2) is 36.5 Å². The zero-order chi connectivity index (χ0) is 21.4. The topological polar surface area (TPSA) is 51.7 Å². The van der Waals surface area contributed by atoms with Crippen molar-refractivity contribution in [3.05, 3.63) is 53.3 Å². The summed E-state index contributed by atoms with van der Waals surface area (Å²) in [7, 11) is 0. The molecule has 0 spiro atoms. The molecule has 156 valence electrons. The lowest BCUT2D eigenvalue weighted by Gasteiger charge is -2.34. The second-order valence-corrected chi connectivity index (χ2v) is 8.10. The molecule has 0 fully saturated rings. The molecule has 0 N–H and O–H groups in total. The minimum Gasteiger partial charge on any atom is -0.456 e. The van der Waals surface area contributed by atoms with Gasteiger partial charge in [-0.05, 0) is 62.1 Å². The van der Waals surface area contributed by atoms with Crippen molar-refractivity contribution in [2.45, 2.75) is 51.9 Å². The Balaban J connectivity index is 1.76. The van der Waals surface area contributed by atoms with Crippen molar-refractivity contribution in [3.8, 4) is 11.5 Å². The number of rotatable bonds is 2. The molecule has 0 bridgehead atoms. The minimum absolute atomic E-state index is 0.119. The lowest BCUT2D eigenvalue weighted by Crippen LogP contribution is -2.41. The van der Waals surface area contributed by atoms with Gasteiger partial charge < -0.3 is 14.4 Å². The largest absolute Gasteiger partial charge is 0.456 e. The SMILES string of the molecule is CC1CN(C(=O)OC(C)(C)C)Cc2cc(Oc3ccc(C(F)(F)F)nc3)ccc21. The Bertz CT molecular complexity index is 890. The van der Waals surface area contributed by atoms with Crippen molar-refractivity contribution in [1.82, 2.24) is 9.88 Å². The van der Waals surface area contributed by atoms with Crippen LogP contribution in [0, 0.1) is 0 Å². The number of fused-ring (bicyclic) bond motifs is 1. The number of pyridine rings is 1. The third kappa shape index (κ3) is 5.19. The molecule has 5 nitrogen and oxygen atoms in total. The Morgan fingerprint density at radius 3 is 2.41 bits per heavy atom. The summed E-state index contributed by atoms with van der Waals surface area (Å²) < 4.78 is 49.0. The highest BCUT2D eigenvalue weighted by atomic mass is 19.4. The van der Waals surface area contributed by atoms with E-state index in [-0.39, 0.29) is 17.8 Å². The van der Waals surface area contributed by atoms with E-state index in [1.54, 1.807) is 17.0 Å². The molecule has 2 heterocycles. The molecule has 0 radical (unpaired) electrons. The summed E-state index contributed by atoms with van der Waals surface area (Å²) in [5.74, 6) is 0.780. The predicted octanol–water partition coefficient (Wildman–Crippen LogP) is 5.75. The van der Waals surface area contributed by atoms with Crippen molar-refractivity contribution in [2.75, 3.05) is 6.54 Å². The highest BCUT2D eigenvalue weighted by Gasteiger charge is 2.32. The molecule has 1 amide bonds. The summed E-state index contributed by atoms with van der Waals surface area (Å²) in [6, 6.07) is 7.57. The first-order valence-electron chi connectivity index (χ1n) is 9.24. The fourth-order valence-electron chi connectivity index (χ4n) is 3.17. The molecule has 1 aliphatic heterocycles. The van der Waals surface area contributed by atoms with Crippen LogP contribution in [0.5, 0.6) is 11.5 Å². The first kappa shape index (κ1) is 21.0. The Labute approximate surface area is 167 Å². The average molecular weight is 408 g/mol. The van der Waals surface area contributed by atoms with Crippen LogP contribution in [0.25, 0.3) is 0 Å². The molecule has 8 heteroatoms. The summed E-state index contributed by atoms with van der Waals surface area (Å²) >= 11 is 0. The molecule has 0 aliphatic carbocycles. The normalized spacial score (nSPS) is 16.9. The van der Waals surface area contributed by atoms with Gasteiger partial charge in [0.05, 0.1) is 6.20 Å². The van der Waals surface area contributed by atoms with Crippen molar-refractivity contribution in [2.24, 2.45) is 0 Å². The number of carbonyl (C=O) groups is 1. The molecule has 1 atom stereocenters. The van der Waals surface area contributed by atoms with Crippen LogP contribution >= 0.6 is 0 Å². The number of carbonyl (C=O) groups excluding carboxylic acids is 1. The van der Waals surface area contributed by atoms with Crippen LogP contribution in [-0.4, -0.2) is 28.1 Å². The highest BCUT2D eigenvalue weighted by molar-refractivity contribution is 5.69. The summed E-state index contributed by atoms with van der Waals surface area (Å²) in [6.45, 7) is 8.39. The van der Waals surface area contributed by atoms with Gasteiger partial charge in [0.1, 0.15) is 22.8 Å². The summed E-state index contributed by atoms with van der Waals surface area (Å²) in [6.07, 6.45) is -3.84. The van der Waals surface area contributed by atoms with E-state index < -0.39 is 17.5 Å². The number of alkyl halides is 3. The number of amides is 1. The van der Waals surface area contributed by atoms with E-state index >= 15 is 0 Å². The molecule has 0 saturated carbocycles. The van der Waals surface area contributed by atoms with Gasteiger partial charge in [0.25, 0.3) is 0 Å². The Kier molecular flexibility index (Phi) is 5.47. The summed E-state index contributed by atoms with van der Waals surface area (Å²) in [4.78, 5) is 17.5. The van der Waals surface area contributed by atoms with Crippen molar-refractivity contribution in [1.29, 1.82) is 0 Å². The first-order chi connectivity index (χ1) is 13.4. The van der Waals surface area contributed by atoms with E-state index in [9.17, 15) is 18.0 Å². The Hall–Kier alpha value is -2.77. The lowest BCUT2D eigenvalue weighted by molar-refractivity contribution is -0.141. The van der Waals surface area contributed by atoms with Crippen LogP contribution in [0.2, 0.25) is 0 Å². The molecule has 0 saturated heterocycles. The van der Waals surface area contributed by atoms with Gasteiger partial charge in [-0.25, -0.2) is 9.78 Å². The molecule has 1 aromatic heterocycles. The van der Waals surface area contributed by atoms with Crippen LogP contribution in [0.3, 0.4) is 0 Å². The van der Waals surface area contributed by atoms with E-state index in [4.69, 9.17) is 9.47 Å². The van der Waals surface area contributed by atoms with Gasteiger partial charge in [-0.3, -0.25) is 0 Å². The smallest absolute Gasteiger partial charge is 0.433 e. The highest BCUT2D eigenvalue weighted by Crippen LogP contribution is 2.34. The maximum atomic E-state index is 12.6. The third-order valence-electron chi connectivity index (χ3n) is 4.41. The van der Waals surface area contributed by atoms with Crippen molar-refractivity contribution >= 4 is 6.09 Å². The van der Waals surface area contributed by atoms with E-state index in [0.29, 0.717) is 18.8 Å². The standard InChI is InChI=1S/C21H23F3N2O3/c1-13-11-26(19(27)29-20(2,3)4)12-14-9-15(5-7-17(13)14)28-16-6-8-18(25-10-16)21(22,23)24/h5-10,13H,11-12H2,1-4H3. The van der Waals surface area contributed by atoms with Crippen LogP contribution in [0.4, 0.5) is 18.0 Å². The average Bonchev–Trinajstić information content (AvgIpc) is 2.59. The lowest BCUT2D eigenvalue weighted by atomic mass is 9.91. The molecule has 2 aromatic rings. The fourth-order valence-corrected chi connectivity index (χ4v) is 3.17. The number of benzene rings is 1. The molecule has 1 unspecified atom stereocenters. The Morgan fingerprint density at radius 1 is 1.14 bits per heavy atom. The first-order valence-corrected chi connectivity index (χ1v) is 9.24. The van der Waals surface area contributed by atoms with Gasteiger partial charge in [-0.15, -0.1) is 0 Å². The number of aromatic nitrogens is 1. The fraction of sp³-hybridized carbons (Fsp3) is 0.429. The number of hydrogen-bond acceptors (Lipinski definition) is 4. The second kappa shape index (κ2) is 7.57. The molecular formula is C21H23F3N2O3. The van der Waals surface area contributed by atoms with Crippen LogP contribution in [-0.2, 0) is 17.5 Å².